The number of fused-ring (bicyclic) bond motifs is 1. The van der Waals surface area contributed by atoms with Gasteiger partial charge in [-0.1, -0.05) is 13.8 Å². The Labute approximate surface area is 129 Å². The van der Waals surface area contributed by atoms with E-state index in [9.17, 15) is 0 Å². The molecule has 3 heterocycles. The van der Waals surface area contributed by atoms with Crippen LogP contribution in [0, 0.1) is 0 Å². The van der Waals surface area contributed by atoms with E-state index in [1.54, 1.807) is 11.3 Å². The zero-order chi connectivity index (χ0) is 14.8. The molecule has 0 amide bonds. The van der Waals surface area contributed by atoms with Crippen LogP contribution in [0.3, 0.4) is 0 Å². The molecule has 0 bridgehead atoms. The van der Waals surface area contributed by atoms with Crippen LogP contribution in [0.25, 0.3) is 0 Å². The molecule has 1 aliphatic rings. The van der Waals surface area contributed by atoms with Crippen molar-refractivity contribution in [3.63, 3.8) is 0 Å². The van der Waals surface area contributed by atoms with Gasteiger partial charge in [0.05, 0.1) is 16.7 Å². The minimum Gasteiger partial charge on any atom is -0.314 e. The Morgan fingerprint density at radius 1 is 1.29 bits per heavy atom. The van der Waals surface area contributed by atoms with Crippen molar-refractivity contribution >= 4 is 11.3 Å². The predicted octanol–water partition coefficient (Wildman–Crippen LogP) is 3.05. The maximum atomic E-state index is 4.66. The highest BCUT2D eigenvalue weighted by molar-refractivity contribution is 7.09. The van der Waals surface area contributed by atoms with Crippen LogP contribution in [0.2, 0.25) is 0 Å². The van der Waals surface area contributed by atoms with Gasteiger partial charge in [-0.05, 0) is 19.8 Å². The van der Waals surface area contributed by atoms with E-state index < -0.39 is 0 Å². The lowest BCUT2D eigenvalue weighted by Gasteiger charge is -2.18. The second kappa shape index (κ2) is 6.23. The van der Waals surface area contributed by atoms with Gasteiger partial charge in [0.15, 0.2) is 0 Å². The first-order chi connectivity index (χ1) is 10.1. The number of hydrogen-bond acceptors (Lipinski definition) is 5. The molecule has 0 aromatic carbocycles. The fourth-order valence-electron chi connectivity index (χ4n) is 2.67. The Morgan fingerprint density at radius 3 is 2.90 bits per heavy atom. The Hall–Kier alpha value is -1.27. The van der Waals surface area contributed by atoms with Crippen LogP contribution >= 0.6 is 11.3 Å². The fourth-order valence-corrected chi connectivity index (χ4v) is 3.50. The van der Waals surface area contributed by atoms with Gasteiger partial charge in [-0.3, -0.25) is 0 Å². The lowest BCUT2D eigenvalue weighted by atomic mass is 10.1. The molecule has 0 fully saturated rings. The minimum absolute atomic E-state index is 0.202. The van der Waals surface area contributed by atoms with E-state index in [-0.39, 0.29) is 6.04 Å². The van der Waals surface area contributed by atoms with E-state index in [1.807, 2.05) is 0 Å². The Balaban J connectivity index is 1.63. The lowest BCUT2D eigenvalue weighted by molar-refractivity contribution is 0.464. The first kappa shape index (κ1) is 14.7. The molecular formula is C15H23N5S. The highest BCUT2D eigenvalue weighted by atomic mass is 32.1. The summed E-state index contributed by atoms with van der Waals surface area (Å²) < 4.78 is 2.28. The zero-order valence-corrected chi connectivity index (χ0v) is 13.8. The average Bonchev–Trinajstić information content (AvgIpc) is 3.11. The van der Waals surface area contributed by atoms with E-state index in [2.05, 4.69) is 51.2 Å². The number of nitrogens with zero attached hydrogens (tertiary/aromatic N) is 4. The maximum absolute atomic E-state index is 4.66. The SMILES string of the molecule is CC(C)c1nc(CN[C@@H](C)c2nnc3n2CCCC3)cs1. The second-order valence-electron chi connectivity index (χ2n) is 6.02. The van der Waals surface area contributed by atoms with Gasteiger partial charge in [-0.15, -0.1) is 21.5 Å². The lowest BCUT2D eigenvalue weighted by Crippen LogP contribution is -2.23. The molecule has 3 rings (SSSR count). The molecule has 0 saturated heterocycles. The Bertz CT molecular complexity index is 601. The highest BCUT2D eigenvalue weighted by Crippen LogP contribution is 2.21. The van der Waals surface area contributed by atoms with Crippen LogP contribution in [-0.2, 0) is 19.5 Å². The summed E-state index contributed by atoms with van der Waals surface area (Å²) in [5.41, 5.74) is 1.12. The van der Waals surface area contributed by atoms with Gasteiger partial charge in [0.1, 0.15) is 11.6 Å². The molecule has 0 radical (unpaired) electrons. The van der Waals surface area contributed by atoms with Crippen molar-refractivity contribution in [2.24, 2.45) is 0 Å². The van der Waals surface area contributed by atoms with E-state index in [0.717, 1.165) is 36.9 Å². The van der Waals surface area contributed by atoms with Gasteiger partial charge in [-0.2, -0.15) is 0 Å². The summed E-state index contributed by atoms with van der Waals surface area (Å²) in [7, 11) is 0. The predicted molar refractivity (Wildman–Crippen MR) is 84.4 cm³/mol. The third-order valence-corrected chi connectivity index (χ3v) is 5.12. The molecule has 6 heteroatoms. The van der Waals surface area contributed by atoms with Crippen molar-refractivity contribution in [2.45, 2.75) is 65.1 Å². The molecule has 5 nitrogen and oxygen atoms in total. The minimum atomic E-state index is 0.202. The number of aryl methyl sites for hydroxylation is 1. The summed E-state index contributed by atoms with van der Waals surface area (Å²) in [6.07, 6.45) is 3.52. The first-order valence-corrected chi connectivity index (χ1v) is 8.62. The molecule has 2 aromatic heterocycles. The van der Waals surface area contributed by atoms with Crippen molar-refractivity contribution in [3.8, 4) is 0 Å². The van der Waals surface area contributed by atoms with Crippen LogP contribution < -0.4 is 5.32 Å². The first-order valence-electron chi connectivity index (χ1n) is 7.75. The van der Waals surface area contributed by atoms with Gasteiger partial charge in [-0.25, -0.2) is 4.98 Å². The molecule has 0 aliphatic carbocycles. The number of aromatic nitrogens is 4. The monoisotopic (exact) mass is 305 g/mol. The van der Waals surface area contributed by atoms with Gasteiger partial charge >= 0.3 is 0 Å². The third kappa shape index (κ3) is 3.16. The van der Waals surface area contributed by atoms with Crippen LogP contribution in [0.1, 0.15) is 67.9 Å². The highest BCUT2D eigenvalue weighted by Gasteiger charge is 2.19. The van der Waals surface area contributed by atoms with Gasteiger partial charge in [0.2, 0.25) is 0 Å². The summed E-state index contributed by atoms with van der Waals surface area (Å²) in [6, 6.07) is 0.202. The standard InChI is InChI=1S/C15H23N5S/c1-10(2)15-17-12(9-21-15)8-16-11(3)14-19-18-13-6-4-5-7-20(13)14/h9-11,16H,4-8H2,1-3H3/t11-/m0/s1. The van der Waals surface area contributed by atoms with Crippen LogP contribution in [0.4, 0.5) is 0 Å². The number of thiazole rings is 1. The van der Waals surface area contributed by atoms with Crippen LogP contribution in [0.15, 0.2) is 5.38 Å². The Kier molecular flexibility index (Phi) is 4.35. The van der Waals surface area contributed by atoms with Crippen molar-refractivity contribution < 1.29 is 0 Å². The number of nitrogens with one attached hydrogen (secondary N) is 1. The summed E-state index contributed by atoms with van der Waals surface area (Å²) in [6.45, 7) is 8.36. The number of hydrogen-bond donors (Lipinski definition) is 1. The summed E-state index contributed by atoms with van der Waals surface area (Å²) in [5, 5.41) is 15.6. The van der Waals surface area contributed by atoms with E-state index in [4.69, 9.17) is 0 Å². The third-order valence-electron chi connectivity index (χ3n) is 3.93. The smallest absolute Gasteiger partial charge is 0.149 e. The molecule has 1 atom stereocenters. The molecule has 1 N–H and O–H groups in total. The van der Waals surface area contributed by atoms with E-state index in [1.165, 1.54) is 17.8 Å². The topological polar surface area (TPSA) is 55.6 Å². The van der Waals surface area contributed by atoms with Crippen molar-refractivity contribution in [3.05, 3.63) is 27.7 Å². The van der Waals surface area contributed by atoms with Crippen molar-refractivity contribution in [2.75, 3.05) is 0 Å². The maximum Gasteiger partial charge on any atom is 0.149 e. The molecule has 0 spiro atoms. The van der Waals surface area contributed by atoms with Gasteiger partial charge in [0, 0.05) is 30.8 Å². The van der Waals surface area contributed by atoms with Crippen LogP contribution in [-0.4, -0.2) is 19.7 Å². The Morgan fingerprint density at radius 2 is 2.14 bits per heavy atom. The molecular weight excluding hydrogens is 282 g/mol. The summed E-state index contributed by atoms with van der Waals surface area (Å²) in [5.74, 6) is 2.70. The molecule has 114 valence electrons. The summed E-state index contributed by atoms with van der Waals surface area (Å²) in [4.78, 5) is 4.66. The van der Waals surface area contributed by atoms with Gasteiger partial charge in [0.25, 0.3) is 0 Å². The van der Waals surface area contributed by atoms with Crippen molar-refractivity contribution in [1.29, 1.82) is 0 Å². The van der Waals surface area contributed by atoms with E-state index >= 15 is 0 Å². The molecule has 2 aromatic rings. The van der Waals surface area contributed by atoms with Gasteiger partial charge < -0.3 is 9.88 Å². The second-order valence-corrected chi connectivity index (χ2v) is 6.91. The van der Waals surface area contributed by atoms with Crippen LogP contribution in [0.5, 0.6) is 0 Å². The normalized spacial score (nSPS) is 16.2. The van der Waals surface area contributed by atoms with Crippen molar-refractivity contribution in [1.82, 2.24) is 25.1 Å². The summed E-state index contributed by atoms with van der Waals surface area (Å²) >= 11 is 1.75. The zero-order valence-electron chi connectivity index (χ0n) is 13.0. The fraction of sp³-hybridized carbons (Fsp3) is 0.667. The van der Waals surface area contributed by atoms with E-state index in [0.29, 0.717) is 5.92 Å². The molecule has 0 saturated carbocycles. The number of rotatable bonds is 5. The average molecular weight is 305 g/mol. The molecule has 0 unspecified atom stereocenters. The molecule has 1 aliphatic heterocycles. The quantitative estimate of drug-likeness (QED) is 0.922. The largest absolute Gasteiger partial charge is 0.314 e. The molecule has 21 heavy (non-hydrogen) atoms.